The van der Waals surface area contributed by atoms with Crippen LogP contribution in [-0.4, -0.2) is 21.6 Å². The van der Waals surface area contributed by atoms with Crippen LogP contribution in [0.25, 0.3) is 0 Å². The van der Waals surface area contributed by atoms with Gasteiger partial charge in [0.15, 0.2) is 0 Å². The molecule has 29 heavy (non-hydrogen) atoms. The van der Waals surface area contributed by atoms with E-state index in [1.165, 1.54) is 12.1 Å². The van der Waals surface area contributed by atoms with E-state index in [9.17, 15) is 9.18 Å². The van der Waals surface area contributed by atoms with Gasteiger partial charge in [-0.2, -0.15) is 0 Å². The van der Waals surface area contributed by atoms with Crippen LogP contribution in [0.4, 0.5) is 4.39 Å². The number of hydrogen-bond acceptors (Lipinski definition) is 4. The second-order valence-corrected chi connectivity index (χ2v) is 7.27. The molecular formula is C23H21FN4O. The maximum Gasteiger partial charge on any atom is 0.226 e. The molecule has 1 aliphatic rings. The van der Waals surface area contributed by atoms with Gasteiger partial charge < -0.3 is 5.32 Å². The Balaban J connectivity index is 1.43. The lowest BCUT2D eigenvalue weighted by Crippen LogP contribution is -2.28. The lowest BCUT2D eigenvalue weighted by Gasteiger charge is -2.14. The maximum absolute atomic E-state index is 13.1. The van der Waals surface area contributed by atoms with Crippen molar-refractivity contribution in [1.82, 2.24) is 15.3 Å². The highest BCUT2D eigenvalue weighted by Crippen LogP contribution is 2.23. The summed E-state index contributed by atoms with van der Waals surface area (Å²) in [6.45, 7) is 4.44. The third-order valence-electron chi connectivity index (χ3n) is 4.95. The summed E-state index contributed by atoms with van der Waals surface area (Å²) < 4.78 is 13.1. The first-order valence-corrected chi connectivity index (χ1v) is 9.49. The van der Waals surface area contributed by atoms with Crippen molar-refractivity contribution < 1.29 is 9.18 Å². The first-order valence-electron chi connectivity index (χ1n) is 9.49. The molecule has 0 bridgehead atoms. The Bertz CT molecular complexity index is 1090. The van der Waals surface area contributed by atoms with Gasteiger partial charge in [-0.25, -0.2) is 4.39 Å². The van der Waals surface area contributed by atoms with Crippen LogP contribution in [0, 0.1) is 12.7 Å². The van der Waals surface area contributed by atoms with Crippen LogP contribution >= 0.6 is 0 Å². The smallest absolute Gasteiger partial charge is 0.226 e. The molecular weight excluding hydrogens is 367 g/mol. The molecule has 6 heteroatoms. The fourth-order valence-electron chi connectivity index (χ4n) is 3.46. The molecule has 2 aromatic heterocycles. The van der Waals surface area contributed by atoms with E-state index in [4.69, 9.17) is 0 Å². The number of aromatic nitrogens is 2. The molecule has 1 aromatic carbocycles. The number of hydrogen-bond donors (Lipinski definition) is 1. The number of halogens is 1. The standard InChI is InChI=1S/C23H21FN4O/c1-14-7-18(11-25-10-14)23-21-13-26-20(8-17(21)12-27-23)9-22(29)28-15(2)16-3-5-19(24)6-4-16/h3-8,10-11,13,15H,9,12H2,1-2H3,(H,28,29)/t15-/m1/s1. The van der Waals surface area contributed by atoms with Gasteiger partial charge in [-0.05, 0) is 54.8 Å². The number of pyridine rings is 2. The summed E-state index contributed by atoms with van der Waals surface area (Å²) in [6.07, 6.45) is 5.58. The predicted molar refractivity (Wildman–Crippen MR) is 109 cm³/mol. The zero-order valence-electron chi connectivity index (χ0n) is 16.3. The van der Waals surface area contributed by atoms with Crippen molar-refractivity contribution in [3.05, 3.63) is 94.3 Å². The molecule has 0 radical (unpaired) electrons. The average molecular weight is 388 g/mol. The fourth-order valence-corrected chi connectivity index (χ4v) is 3.46. The SMILES string of the molecule is Cc1cncc(C2=NCc3cc(CC(=O)N[C@H](C)c4ccc(F)cc4)ncc32)c1. The number of amides is 1. The van der Waals surface area contributed by atoms with Crippen LogP contribution in [-0.2, 0) is 17.8 Å². The second kappa shape index (κ2) is 7.91. The molecule has 0 saturated heterocycles. The topological polar surface area (TPSA) is 67.2 Å². The average Bonchev–Trinajstić information content (AvgIpc) is 3.11. The van der Waals surface area contributed by atoms with Crippen molar-refractivity contribution in [2.24, 2.45) is 4.99 Å². The summed E-state index contributed by atoms with van der Waals surface area (Å²) in [5.41, 5.74) is 6.55. The van der Waals surface area contributed by atoms with Crippen LogP contribution in [0.15, 0.2) is 60.0 Å². The van der Waals surface area contributed by atoms with E-state index in [1.807, 2.05) is 26.1 Å². The van der Waals surface area contributed by atoms with Crippen molar-refractivity contribution in [2.75, 3.05) is 0 Å². The first kappa shape index (κ1) is 18.9. The van der Waals surface area contributed by atoms with E-state index in [0.29, 0.717) is 12.2 Å². The second-order valence-electron chi connectivity index (χ2n) is 7.27. The Kier molecular flexibility index (Phi) is 5.16. The highest BCUT2D eigenvalue weighted by atomic mass is 19.1. The zero-order valence-corrected chi connectivity index (χ0v) is 16.3. The van der Waals surface area contributed by atoms with Gasteiger partial charge in [0, 0.05) is 29.7 Å². The number of fused-ring (bicyclic) bond motifs is 1. The number of carbonyl (C=O) groups is 1. The van der Waals surface area contributed by atoms with Crippen LogP contribution in [0.2, 0.25) is 0 Å². The maximum atomic E-state index is 13.1. The Morgan fingerprint density at radius 1 is 1.17 bits per heavy atom. The zero-order chi connectivity index (χ0) is 20.4. The highest BCUT2D eigenvalue weighted by molar-refractivity contribution is 6.14. The largest absolute Gasteiger partial charge is 0.349 e. The lowest BCUT2D eigenvalue weighted by atomic mass is 10.0. The molecule has 3 heterocycles. The number of nitrogens with zero attached hydrogens (tertiary/aromatic N) is 3. The molecule has 1 N–H and O–H groups in total. The van der Waals surface area contributed by atoms with Crippen LogP contribution in [0.5, 0.6) is 0 Å². The minimum atomic E-state index is -0.294. The van der Waals surface area contributed by atoms with E-state index in [-0.39, 0.29) is 24.2 Å². The molecule has 0 aliphatic carbocycles. The van der Waals surface area contributed by atoms with Crippen LogP contribution in [0.1, 0.15) is 46.5 Å². The molecule has 146 valence electrons. The Morgan fingerprint density at radius 2 is 1.97 bits per heavy atom. The van der Waals surface area contributed by atoms with Gasteiger partial charge >= 0.3 is 0 Å². The van der Waals surface area contributed by atoms with E-state index in [2.05, 4.69) is 26.3 Å². The monoisotopic (exact) mass is 388 g/mol. The van der Waals surface area contributed by atoms with Gasteiger partial charge in [0.25, 0.3) is 0 Å². The minimum Gasteiger partial charge on any atom is -0.349 e. The molecule has 1 aliphatic heterocycles. The normalized spacial score (nSPS) is 13.6. The Labute approximate surface area is 168 Å². The summed E-state index contributed by atoms with van der Waals surface area (Å²) in [7, 11) is 0. The number of benzene rings is 1. The molecule has 0 fully saturated rings. The van der Waals surface area contributed by atoms with Crippen molar-refractivity contribution >= 4 is 11.6 Å². The van der Waals surface area contributed by atoms with Gasteiger partial charge in [-0.1, -0.05) is 12.1 Å². The van der Waals surface area contributed by atoms with Gasteiger partial charge in [-0.3, -0.25) is 19.8 Å². The van der Waals surface area contributed by atoms with Gasteiger partial charge in [0.1, 0.15) is 5.82 Å². The van der Waals surface area contributed by atoms with Gasteiger partial charge in [-0.15, -0.1) is 0 Å². The predicted octanol–water partition coefficient (Wildman–Crippen LogP) is 3.70. The Hall–Kier alpha value is -3.41. The van der Waals surface area contributed by atoms with Crippen LogP contribution < -0.4 is 5.32 Å². The highest BCUT2D eigenvalue weighted by Gasteiger charge is 2.20. The van der Waals surface area contributed by atoms with Gasteiger partial charge in [0.05, 0.1) is 30.4 Å². The fraction of sp³-hybridized carbons (Fsp3) is 0.217. The molecule has 5 nitrogen and oxygen atoms in total. The molecule has 1 amide bonds. The van der Waals surface area contributed by atoms with Crippen LogP contribution in [0.3, 0.4) is 0 Å². The molecule has 0 unspecified atom stereocenters. The summed E-state index contributed by atoms with van der Waals surface area (Å²) in [4.78, 5) is 25.8. The summed E-state index contributed by atoms with van der Waals surface area (Å²) in [5, 5.41) is 2.93. The lowest BCUT2D eigenvalue weighted by molar-refractivity contribution is -0.121. The van der Waals surface area contributed by atoms with E-state index in [0.717, 1.165) is 33.5 Å². The number of aryl methyl sites for hydroxylation is 1. The van der Waals surface area contributed by atoms with E-state index < -0.39 is 0 Å². The van der Waals surface area contributed by atoms with E-state index in [1.54, 1.807) is 24.5 Å². The third kappa shape index (κ3) is 4.21. The van der Waals surface area contributed by atoms with Crippen molar-refractivity contribution in [3.63, 3.8) is 0 Å². The minimum absolute atomic E-state index is 0.128. The van der Waals surface area contributed by atoms with Crippen molar-refractivity contribution in [1.29, 1.82) is 0 Å². The first-order chi connectivity index (χ1) is 14.0. The van der Waals surface area contributed by atoms with Gasteiger partial charge in [0.2, 0.25) is 5.91 Å². The quantitative estimate of drug-likeness (QED) is 0.725. The molecule has 4 rings (SSSR count). The molecule has 0 saturated carbocycles. The van der Waals surface area contributed by atoms with E-state index >= 15 is 0 Å². The number of rotatable bonds is 5. The molecule has 1 atom stereocenters. The number of aliphatic imine (C=N–C) groups is 1. The summed E-state index contributed by atoms with van der Waals surface area (Å²) in [6, 6.07) is 9.92. The Morgan fingerprint density at radius 3 is 2.72 bits per heavy atom. The third-order valence-corrected chi connectivity index (χ3v) is 4.95. The van der Waals surface area contributed by atoms with Crippen molar-refractivity contribution in [2.45, 2.75) is 32.9 Å². The number of carbonyl (C=O) groups excluding carboxylic acids is 1. The van der Waals surface area contributed by atoms with Crippen molar-refractivity contribution in [3.8, 4) is 0 Å². The summed E-state index contributed by atoms with van der Waals surface area (Å²) >= 11 is 0. The number of nitrogens with one attached hydrogen (secondary N) is 1. The molecule has 3 aromatic rings. The molecule has 0 spiro atoms. The summed E-state index contributed by atoms with van der Waals surface area (Å²) in [5.74, 6) is -0.422.